The Kier molecular flexibility index (Phi) is 4.31. The van der Waals surface area contributed by atoms with E-state index in [2.05, 4.69) is 42.7 Å². The van der Waals surface area contributed by atoms with E-state index < -0.39 is 0 Å². The molecule has 2 N–H and O–H groups in total. The summed E-state index contributed by atoms with van der Waals surface area (Å²) in [6.07, 6.45) is 0. The van der Waals surface area contributed by atoms with Gasteiger partial charge in [0, 0.05) is 13.6 Å². The van der Waals surface area contributed by atoms with Crippen molar-refractivity contribution < 1.29 is 4.79 Å². The SMILES string of the molecule is CNC(=O)CNCc1cc(C)cc(C)c1. The van der Waals surface area contributed by atoms with Crippen LogP contribution in [0.1, 0.15) is 16.7 Å². The molecule has 0 heterocycles. The zero-order valence-corrected chi connectivity index (χ0v) is 9.55. The minimum atomic E-state index is 0.0133. The van der Waals surface area contributed by atoms with E-state index in [-0.39, 0.29) is 5.91 Å². The molecule has 82 valence electrons. The van der Waals surface area contributed by atoms with Crippen LogP contribution in [0.4, 0.5) is 0 Å². The van der Waals surface area contributed by atoms with Gasteiger partial charge in [0.15, 0.2) is 0 Å². The summed E-state index contributed by atoms with van der Waals surface area (Å²) < 4.78 is 0. The second kappa shape index (κ2) is 5.51. The molecule has 0 spiro atoms. The fraction of sp³-hybridized carbons (Fsp3) is 0.417. The molecule has 15 heavy (non-hydrogen) atoms. The first-order chi connectivity index (χ1) is 7.11. The summed E-state index contributed by atoms with van der Waals surface area (Å²) in [5, 5.41) is 5.67. The van der Waals surface area contributed by atoms with Crippen LogP contribution in [0.15, 0.2) is 18.2 Å². The van der Waals surface area contributed by atoms with Gasteiger partial charge in [-0.15, -0.1) is 0 Å². The summed E-state index contributed by atoms with van der Waals surface area (Å²) in [4.78, 5) is 11.0. The Morgan fingerprint density at radius 2 is 1.80 bits per heavy atom. The van der Waals surface area contributed by atoms with Crippen LogP contribution in [0.5, 0.6) is 0 Å². The summed E-state index contributed by atoms with van der Waals surface area (Å²) in [5.41, 5.74) is 3.73. The third-order valence-corrected chi connectivity index (χ3v) is 2.17. The van der Waals surface area contributed by atoms with Crippen molar-refractivity contribution in [3.8, 4) is 0 Å². The van der Waals surface area contributed by atoms with Gasteiger partial charge in [0.25, 0.3) is 0 Å². The molecule has 1 aromatic rings. The van der Waals surface area contributed by atoms with E-state index in [1.54, 1.807) is 7.05 Å². The zero-order chi connectivity index (χ0) is 11.3. The van der Waals surface area contributed by atoms with Crippen molar-refractivity contribution in [3.05, 3.63) is 34.9 Å². The molecule has 0 saturated carbocycles. The number of rotatable bonds is 4. The normalized spacial score (nSPS) is 10.1. The van der Waals surface area contributed by atoms with Gasteiger partial charge in [-0.3, -0.25) is 4.79 Å². The monoisotopic (exact) mass is 206 g/mol. The van der Waals surface area contributed by atoms with Gasteiger partial charge in [0.05, 0.1) is 6.54 Å². The van der Waals surface area contributed by atoms with Crippen molar-refractivity contribution in [3.63, 3.8) is 0 Å². The Morgan fingerprint density at radius 3 is 2.33 bits per heavy atom. The van der Waals surface area contributed by atoms with Gasteiger partial charge in [-0.1, -0.05) is 29.3 Å². The summed E-state index contributed by atoms with van der Waals surface area (Å²) in [5.74, 6) is 0.0133. The molecule has 0 radical (unpaired) electrons. The molecule has 0 aliphatic heterocycles. The van der Waals surface area contributed by atoms with Gasteiger partial charge in [0.2, 0.25) is 5.91 Å². The average molecular weight is 206 g/mol. The van der Waals surface area contributed by atoms with Crippen molar-refractivity contribution in [2.45, 2.75) is 20.4 Å². The van der Waals surface area contributed by atoms with Crippen LogP contribution in [-0.2, 0) is 11.3 Å². The second-order valence-electron chi connectivity index (χ2n) is 3.77. The Labute approximate surface area is 90.9 Å². The van der Waals surface area contributed by atoms with Gasteiger partial charge in [0.1, 0.15) is 0 Å². The lowest BCUT2D eigenvalue weighted by molar-refractivity contribution is -0.119. The first-order valence-electron chi connectivity index (χ1n) is 5.10. The minimum Gasteiger partial charge on any atom is -0.358 e. The quantitative estimate of drug-likeness (QED) is 0.775. The van der Waals surface area contributed by atoms with E-state index in [1.165, 1.54) is 16.7 Å². The van der Waals surface area contributed by atoms with Crippen LogP contribution in [0, 0.1) is 13.8 Å². The molecule has 3 nitrogen and oxygen atoms in total. The molecule has 0 aliphatic carbocycles. The first-order valence-corrected chi connectivity index (χ1v) is 5.10. The lowest BCUT2D eigenvalue weighted by Crippen LogP contribution is -2.30. The van der Waals surface area contributed by atoms with E-state index in [9.17, 15) is 4.79 Å². The predicted octanol–water partition coefficient (Wildman–Crippen LogP) is 1.14. The van der Waals surface area contributed by atoms with Gasteiger partial charge < -0.3 is 10.6 Å². The third-order valence-electron chi connectivity index (χ3n) is 2.17. The number of aryl methyl sites for hydroxylation is 2. The smallest absolute Gasteiger partial charge is 0.233 e. The number of hydrogen-bond donors (Lipinski definition) is 2. The van der Waals surface area contributed by atoms with Crippen LogP contribution in [0.25, 0.3) is 0 Å². The minimum absolute atomic E-state index is 0.0133. The number of carbonyl (C=O) groups excluding carboxylic acids is 1. The molecule has 1 rings (SSSR count). The zero-order valence-electron chi connectivity index (χ0n) is 9.55. The fourth-order valence-electron chi connectivity index (χ4n) is 1.58. The van der Waals surface area contributed by atoms with E-state index in [1.807, 2.05) is 0 Å². The molecule has 0 unspecified atom stereocenters. The van der Waals surface area contributed by atoms with Crippen molar-refractivity contribution in [2.24, 2.45) is 0 Å². The fourth-order valence-corrected chi connectivity index (χ4v) is 1.58. The highest BCUT2D eigenvalue weighted by molar-refractivity contribution is 5.77. The van der Waals surface area contributed by atoms with Gasteiger partial charge >= 0.3 is 0 Å². The highest BCUT2D eigenvalue weighted by Crippen LogP contribution is 2.08. The maximum absolute atomic E-state index is 11.0. The third kappa shape index (κ3) is 4.13. The molecule has 1 amide bonds. The molecule has 0 bridgehead atoms. The molecule has 0 fully saturated rings. The van der Waals surface area contributed by atoms with Crippen molar-refractivity contribution in [1.29, 1.82) is 0 Å². The van der Waals surface area contributed by atoms with Crippen LogP contribution >= 0.6 is 0 Å². The van der Waals surface area contributed by atoms with Gasteiger partial charge in [-0.2, -0.15) is 0 Å². The highest BCUT2D eigenvalue weighted by atomic mass is 16.1. The number of benzene rings is 1. The number of amides is 1. The Balaban J connectivity index is 2.47. The van der Waals surface area contributed by atoms with Crippen molar-refractivity contribution in [1.82, 2.24) is 10.6 Å². The number of likely N-dealkylation sites (N-methyl/N-ethyl adjacent to an activating group) is 1. The molecule has 3 heteroatoms. The first kappa shape index (κ1) is 11.7. The Morgan fingerprint density at radius 1 is 1.20 bits per heavy atom. The number of carbonyl (C=O) groups is 1. The molecule has 0 aromatic heterocycles. The maximum atomic E-state index is 11.0. The van der Waals surface area contributed by atoms with E-state index >= 15 is 0 Å². The summed E-state index contributed by atoms with van der Waals surface area (Å²) in [7, 11) is 1.64. The lowest BCUT2D eigenvalue weighted by atomic mass is 10.1. The van der Waals surface area contributed by atoms with Crippen molar-refractivity contribution in [2.75, 3.05) is 13.6 Å². The topological polar surface area (TPSA) is 41.1 Å². The lowest BCUT2D eigenvalue weighted by Gasteiger charge is -2.06. The van der Waals surface area contributed by atoms with E-state index in [4.69, 9.17) is 0 Å². The summed E-state index contributed by atoms with van der Waals surface area (Å²) in [6, 6.07) is 6.40. The van der Waals surface area contributed by atoms with Gasteiger partial charge in [-0.05, 0) is 19.4 Å². The second-order valence-corrected chi connectivity index (χ2v) is 3.77. The molecule has 0 saturated heterocycles. The summed E-state index contributed by atoms with van der Waals surface area (Å²) in [6.45, 7) is 5.25. The van der Waals surface area contributed by atoms with E-state index in [0.29, 0.717) is 6.54 Å². The van der Waals surface area contributed by atoms with E-state index in [0.717, 1.165) is 6.54 Å². The number of hydrogen-bond acceptors (Lipinski definition) is 2. The predicted molar refractivity (Wildman–Crippen MR) is 61.7 cm³/mol. The standard InChI is InChI=1S/C12H18N2O/c1-9-4-10(2)6-11(5-9)7-14-8-12(15)13-3/h4-6,14H,7-8H2,1-3H3,(H,13,15). The maximum Gasteiger partial charge on any atom is 0.233 e. The molecule has 0 atom stereocenters. The summed E-state index contributed by atoms with van der Waals surface area (Å²) >= 11 is 0. The van der Waals surface area contributed by atoms with Crippen LogP contribution in [0.3, 0.4) is 0 Å². The van der Waals surface area contributed by atoms with Gasteiger partial charge in [-0.25, -0.2) is 0 Å². The largest absolute Gasteiger partial charge is 0.358 e. The van der Waals surface area contributed by atoms with Crippen LogP contribution < -0.4 is 10.6 Å². The number of nitrogens with one attached hydrogen (secondary N) is 2. The highest BCUT2D eigenvalue weighted by Gasteiger charge is 1.98. The average Bonchev–Trinajstić information content (AvgIpc) is 2.16. The molecular formula is C12H18N2O. The molecule has 0 aliphatic rings. The van der Waals surface area contributed by atoms with Crippen LogP contribution in [0.2, 0.25) is 0 Å². The Bertz CT molecular complexity index is 327. The molecule has 1 aromatic carbocycles. The Hall–Kier alpha value is -1.35. The molecular weight excluding hydrogens is 188 g/mol. The van der Waals surface area contributed by atoms with Crippen LogP contribution in [-0.4, -0.2) is 19.5 Å². The van der Waals surface area contributed by atoms with Crippen molar-refractivity contribution >= 4 is 5.91 Å².